The zero-order valence-electron chi connectivity index (χ0n) is 14.1. The number of anilines is 1. The number of rotatable bonds is 6. The van der Waals surface area contributed by atoms with E-state index in [9.17, 15) is 23.9 Å². The van der Waals surface area contributed by atoms with Gasteiger partial charge in [0.15, 0.2) is 5.69 Å². The van der Waals surface area contributed by atoms with Gasteiger partial charge in [-0.2, -0.15) is 0 Å². The Labute approximate surface area is 162 Å². The number of carboxylic acid groups (broad SMARTS) is 1. The van der Waals surface area contributed by atoms with Gasteiger partial charge in [-0.3, -0.25) is 14.2 Å². The number of nitrogens with zero attached hydrogens (tertiary/aromatic N) is 2. The van der Waals surface area contributed by atoms with Crippen molar-refractivity contribution in [2.24, 2.45) is 0 Å². The van der Waals surface area contributed by atoms with E-state index < -0.39 is 29.3 Å². The van der Waals surface area contributed by atoms with Gasteiger partial charge in [0.2, 0.25) is 5.22 Å². The minimum absolute atomic E-state index is 0.0498. The minimum atomic E-state index is -1.25. The summed E-state index contributed by atoms with van der Waals surface area (Å²) in [5.41, 5.74) is -0.467. The number of hydrogen-bond donors (Lipinski definition) is 2. The van der Waals surface area contributed by atoms with Gasteiger partial charge in [0, 0.05) is 18.7 Å². The number of halogens is 2. The van der Waals surface area contributed by atoms with Crippen molar-refractivity contribution in [2.45, 2.75) is 12.5 Å². The Morgan fingerprint density at radius 2 is 2.00 bits per heavy atom. The molecule has 0 unspecified atom stereocenters. The number of aromatic nitrogens is 2. The van der Waals surface area contributed by atoms with Crippen molar-refractivity contribution in [1.29, 1.82) is 0 Å². The molecule has 3 aromatic rings. The first-order valence-electron chi connectivity index (χ1n) is 7.97. The van der Waals surface area contributed by atoms with Crippen LogP contribution in [0.25, 0.3) is 0 Å². The second-order valence-electron chi connectivity index (χ2n) is 5.79. The van der Waals surface area contributed by atoms with Gasteiger partial charge in [-0.25, -0.2) is 9.18 Å². The molecule has 0 radical (unpaired) electrons. The topological polar surface area (TPSA) is 114 Å². The molecule has 10 heteroatoms. The molecule has 2 aromatic heterocycles. The van der Waals surface area contributed by atoms with Crippen LogP contribution < -0.4 is 10.9 Å². The average Bonchev–Trinajstić information content (AvgIpc) is 3.09. The Balaban J connectivity index is 1.88. The predicted molar refractivity (Wildman–Crippen MR) is 96.9 cm³/mol. The van der Waals surface area contributed by atoms with E-state index >= 15 is 0 Å². The number of carbonyl (C=O) groups excluding carboxylic acids is 1. The van der Waals surface area contributed by atoms with Gasteiger partial charge in [-0.15, -0.1) is 0 Å². The van der Waals surface area contributed by atoms with Crippen LogP contribution in [0.4, 0.5) is 10.1 Å². The van der Waals surface area contributed by atoms with Crippen molar-refractivity contribution in [3.8, 4) is 0 Å². The third-order valence-electron chi connectivity index (χ3n) is 3.90. The van der Waals surface area contributed by atoms with E-state index in [0.29, 0.717) is 5.56 Å². The van der Waals surface area contributed by atoms with E-state index in [4.69, 9.17) is 11.6 Å². The first-order valence-corrected chi connectivity index (χ1v) is 8.35. The molecule has 1 aromatic carbocycles. The minimum Gasteiger partial charge on any atom is -0.480 e. The third kappa shape index (κ3) is 4.26. The number of nitrogens with one attached hydrogen (secondary N) is 1. The summed E-state index contributed by atoms with van der Waals surface area (Å²) in [4.78, 5) is 36.5. The Hall–Kier alpha value is -3.46. The zero-order chi connectivity index (χ0) is 20.3. The van der Waals surface area contributed by atoms with E-state index in [1.165, 1.54) is 48.7 Å². The molecule has 1 atom stereocenters. The van der Waals surface area contributed by atoms with Crippen molar-refractivity contribution < 1.29 is 23.6 Å². The molecule has 0 aliphatic heterocycles. The van der Waals surface area contributed by atoms with Gasteiger partial charge in [-0.05, 0) is 41.4 Å². The molecule has 3 rings (SSSR count). The van der Waals surface area contributed by atoms with Crippen molar-refractivity contribution in [3.05, 3.63) is 81.3 Å². The molecule has 1 amide bonds. The first-order chi connectivity index (χ1) is 13.3. The molecule has 2 N–H and O–H groups in total. The van der Waals surface area contributed by atoms with Crippen molar-refractivity contribution in [1.82, 2.24) is 9.72 Å². The van der Waals surface area contributed by atoms with Crippen LogP contribution in [0.3, 0.4) is 0 Å². The molecule has 2 heterocycles. The fourth-order valence-corrected chi connectivity index (χ4v) is 2.68. The fraction of sp³-hybridized carbons (Fsp3) is 0.111. The Kier molecular flexibility index (Phi) is 5.55. The molecule has 28 heavy (non-hydrogen) atoms. The number of hydrogen-bond acceptors (Lipinski definition) is 5. The maximum absolute atomic E-state index is 13.1. The van der Waals surface area contributed by atoms with E-state index in [2.05, 4.69) is 15.0 Å². The van der Waals surface area contributed by atoms with Crippen LogP contribution in [-0.2, 0) is 11.2 Å². The molecular formula is C18H13ClFN3O5. The maximum atomic E-state index is 13.1. The second kappa shape index (κ2) is 8.05. The highest BCUT2D eigenvalue weighted by atomic mass is 35.5. The smallest absolute Gasteiger partial charge is 0.327 e. The fourth-order valence-electron chi connectivity index (χ4n) is 2.55. The number of carboxylic acids is 1. The summed E-state index contributed by atoms with van der Waals surface area (Å²) in [5.74, 6) is -2.44. The molecule has 0 saturated heterocycles. The maximum Gasteiger partial charge on any atom is 0.327 e. The number of pyridine rings is 1. The van der Waals surface area contributed by atoms with Gasteiger partial charge in [0.1, 0.15) is 17.5 Å². The van der Waals surface area contributed by atoms with Crippen molar-refractivity contribution >= 4 is 29.2 Å². The Morgan fingerprint density at radius 3 is 2.61 bits per heavy atom. The monoisotopic (exact) mass is 405 g/mol. The van der Waals surface area contributed by atoms with Crippen molar-refractivity contribution in [2.75, 3.05) is 5.32 Å². The number of amides is 1. The van der Waals surface area contributed by atoms with Crippen molar-refractivity contribution in [3.63, 3.8) is 0 Å². The molecule has 0 saturated carbocycles. The van der Waals surface area contributed by atoms with E-state index in [-0.39, 0.29) is 23.0 Å². The summed E-state index contributed by atoms with van der Waals surface area (Å²) in [6.45, 7) is 0. The van der Waals surface area contributed by atoms with Gasteiger partial charge < -0.3 is 14.9 Å². The Bertz CT molecular complexity index is 1080. The molecule has 0 aliphatic rings. The molecule has 0 bridgehead atoms. The van der Waals surface area contributed by atoms with E-state index in [0.717, 1.165) is 4.57 Å². The largest absolute Gasteiger partial charge is 0.480 e. The lowest BCUT2D eigenvalue weighted by Crippen LogP contribution is -2.33. The summed E-state index contributed by atoms with van der Waals surface area (Å²) in [5, 5.41) is 15.3. The summed E-state index contributed by atoms with van der Waals surface area (Å²) < 4.78 is 18.6. The van der Waals surface area contributed by atoms with Gasteiger partial charge in [-0.1, -0.05) is 17.3 Å². The predicted octanol–water partition coefficient (Wildman–Crippen LogP) is 2.75. The molecule has 0 fully saturated rings. The van der Waals surface area contributed by atoms with Crippen LogP contribution in [0, 0.1) is 5.82 Å². The molecule has 0 aliphatic carbocycles. The third-order valence-corrected chi connectivity index (χ3v) is 4.08. The standard InChI is InChI=1S/C18H13ClFN3O5/c19-15-9-13(22-28-15)16(24)21-12-2-1-7-23(17(12)25)14(18(26)27)8-10-3-5-11(20)6-4-10/h1-7,9,14H,8H2,(H,21,24)(H,26,27)/t14-/m0/s1. The normalized spacial score (nSPS) is 11.8. The molecule has 144 valence electrons. The van der Waals surface area contributed by atoms with Crippen LogP contribution in [0.5, 0.6) is 0 Å². The number of aliphatic carboxylic acids is 1. The summed E-state index contributed by atoms with van der Waals surface area (Å²) in [6.07, 6.45) is 1.25. The van der Waals surface area contributed by atoms with Crippen LogP contribution >= 0.6 is 11.6 Å². The second-order valence-corrected chi connectivity index (χ2v) is 6.16. The van der Waals surface area contributed by atoms with Crippen LogP contribution in [0.2, 0.25) is 5.22 Å². The lowest BCUT2D eigenvalue weighted by molar-refractivity contribution is -0.141. The highest BCUT2D eigenvalue weighted by Crippen LogP contribution is 2.16. The number of benzene rings is 1. The highest BCUT2D eigenvalue weighted by molar-refractivity contribution is 6.29. The quantitative estimate of drug-likeness (QED) is 0.651. The van der Waals surface area contributed by atoms with E-state index in [1.54, 1.807) is 0 Å². The average molecular weight is 406 g/mol. The first kappa shape index (κ1) is 19.3. The SMILES string of the molecule is O=C(Nc1cccn([C@@H](Cc2ccc(F)cc2)C(=O)O)c1=O)c1cc(Cl)on1. The van der Waals surface area contributed by atoms with Gasteiger partial charge in [0.25, 0.3) is 11.5 Å². The van der Waals surface area contributed by atoms with E-state index in [1.807, 2.05) is 0 Å². The lowest BCUT2D eigenvalue weighted by atomic mass is 10.1. The lowest BCUT2D eigenvalue weighted by Gasteiger charge is -2.17. The van der Waals surface area contributed by atoms with Gasteiger partial charge >= 0.3 is 5.97 Å². The summed E-state index contributed by atoms with van der Waals surface area (Å²) >= 11 is 5.56. The molecule has 0 spiro atoms. The molecule has 8 nitrogen and oxygen atoms in total. The van der Waals surface area contributed by atoms with Crippen LogP contribution in [0.15, 0.2) is 58.0 Å². The number of carbonyl (C=O) groups is 2. The highest BCUT2D eigenvalue weighted by Gasteiger charge is 2.23. The van der Waals surface area contributed by atoms with Gasteiger partial charge in [0.05, 0.1) is 0 Å². The van der Waals surface area contributed by atoms with Crippen LogP contribution in [-0.4, -0.2) is 26.7 Å². The summed E-state index contributed by atoms with van der Waals surface area (Å²) in [6, 6.07) is 7.96. The summed E-state index contributed by atoms with van der Waals surface area (Å²) in [7, 11) is 0. The van der Waals surface area contributed by atoms with Crippen LogP contribution in [0.1, 0.15) is 22.1 Å². The molecular weight excluding hydrogens is 393 g/mol. The zero-order valence-corrected chi connectivity index (χ0v) is 14.9. The Morgan fingerprint density at radius 1 is 1.29 bits per heavy atom.